The summed E-state index contributed by atoms with van der Waals surface area (Å²) in [6, 6.07) is 12.5. The number of halogens is 1. The fraction of sp³-hybridized carbons (Fsp3) is 0.486. The average molecular weight is 681 g/mol. The largest absolute Gasteiger partial charge is 1.00 e. The zero-order chi connectivity index (χ0) is 27.9. The van der Waals surface area contributed by atoms with Gasteiger partial charge in [0.1, 0.15) is 0 Å². The molecule has 0 radical (unpaired) electrons. The number of benzene rings is 2. The average Bonchev–Trinajstić information content (AvgIpc) is 3.48. The quantitative estimate of drug-likeness (QED) is 0.175. The first-order valence-corrected chi connectivity index (χ1v) is 18.6. The molecule has 6 heterocycles. The van der Waals surface area contributed by atoms with Crippen LogP contribution >= 0.6 is 23.6 Å². The Morgan fingerprint density at radius 3 is 2.57 bits per heavy atom. The minimum atomic E-state index is 0. The number of piperidine rings is 1. The zero-order valence-corrected chi connectivity index (χ0v) is 29.1. The monoisotopic (exact) mass is 681 g/mol. The van der Waals surface area contributed by atoms with Gasteiger partial charge in [0.2, 0.25) is 0 Å². The van der Waals surface area contributed by atoms with E-state index in [4.69, 9.17) is 12.2 Å². The second-order valence-electron chi connectivity index (χ2n) is 13.3. The summed E-state index contributed by atoms with van der Waals surface area (Å²) in [5.74, 6) is 0. The van der Waals surface area contributed by atoms with Crippen LogP contribution in [0.25, 0.3) is 5.57 Å². The van der Waals surface area contributed by atoms with Gasteiger partial charge in [-0.2, -0.15) is 0 Å². The fourth-order valence-electron chi connectivity index (χ4n) is 7.90. The van der Waals surface area contributed by atoms with Gasteiger partial charge in [-0.25, -0.2) is 0 Å². The molecule has 0 unspecified atom stereocenters. The number of rotatable bonds is 2. The number of aryl methyl sites for hydroxylation is 1. The van der Waals surface area contributed by atoms with Crippen molar-refractivity contribution in [2.45, 2.75) is 70.6 Å². The van der Waals surface area contributed by atoms with Gasteiger partial charge >= 0.3 is 261 Å². The fourth-order valence-corrected chi connectivity index (χ4v) is 12.0. The van der Waals surface area contributed by atoms with Crippen molar-refractivity contribution in [2.75, 3.05) is 44.7 Å². The van der Waals surface area contributed by atoms with Gasteiger partial charge in [0.05, 0.1) is 0 Å². The third-order valence-electron chi connectivity index (χ3n) is 10.2. The summed E-state index contributed by atoms with van der Waals surface area (Å²) >= 11 is 8.34. The van der Waals surface area contributed by atoms with Crippen molar-refractivity contribution in [3.63, 3.8) is 0 Å². The number of thiocarbonyl (C=S) groups is 1. The van der Waals surface area contributed by atoms with Gasteiger partial charge in [-0.05, 0) is 0 Å². The molecule has 1 fully saturated rings. The van der Waals surface area contributed by atoms with Crippen LogP contribution < -0.4 is 41.4 Å². The molecule has 220 valence electrons. The Kier molecular flexibility index (Phi) is 7.63. The molecular formula is C35H40ClN3S2Se. The van der Waals surface area contributed by atoms with Crippen molar-refractivity contribution in [3.8, 4) is 0 Å². The van der Waals surface area contributed by atoms with E-state index in [9.17, 15) is 0 Å². The molecule has 5 aliphatic rings. The van der Waals surface area contributed by atoms with Gasteiger partial charge in [0.15, 0.2) is 0 Å². The predicted octanol–water partition coefficient (Wildman–Crippen LogP) is 0.630. The van der Waals surface area contributed by atoms with Crippen molar-refractivity contribution in [2.24, 2.45) is 0 Å². The van der Waals surface area contributed by atoms with Crippen LogP contribution in [0.3, 0.4) is 0 Å². The maximum absolute atomic E-state index is 6.09. The first-order valence-electron chi connectivity index (χ1n) is 15.7. The van der Waals surface area contributed by atoms with Crippen LogP contribution in [0, 0.1) is 0 Å². The van der Waals surface area contributed by atoms with E-state index in [0.717, 1.165) is 24.6 Å². The number of anilines is 1. The molecule has 0 bridgehead atoms. The summed E-state index contributed by atoms with van der Waals surface area (Å²) in [6.07, 6.45) is 10.1. The molecule has 8 rings (SSSR count). The van der Waals surface area contributed by atoms with Gasteiger partial charge in [0.25, 0.3) is 0 Å². The molecule has 2 aromatic carbocycles. The maximum Gasteiger partial charge on any atom is -1.00 e. The van der Waals surface area contributed by atoms with Crippen molar-refractivity contribution in [1.29, 1.82) is 0 Å². The number of hydrogen-bond donors (Lipinski definition) is 0. The van der Waals surface area contributed by atoms with Crippen LogP contribution in [-0.2, 0) is 18.3 Å². The zero-order valence-electron chi connectivity index (χ0n) is 25.0. The number of thiophene rings is 1. The number of likely N-dealkylation sites (tertiary alicyclic amines) is 1. The summed E-state index contributed by atoms with van der Waals surface area (Å²) < 4.78 is 5.95. The van der Waals surface area contributed by atoms with Crippen LogP contribution in [0.1, 0.15) is 84.4 Å². The van der Waals surface area contributed by atoms with E-state index in [2.05, 4.69) is 65.6 Å². The van der Waals surface area contributed by atoms with E-state index in [1.54, 1.807) is 25.4 Å². The number of hydrogen-bond acceptors (Lipinski definition) is 3. The molecule has 5 aliphatic heterocycles. The van der Waals surface area contributed by atoms with Gasteiger partial charge in [-0.1, -0.05) is 0 Å². The summed E-state index contributed by atoms with van der Waals surface area (Å²) in [4.78, 5) is 8.69. The minimum absolute atomic E-state index is 0. The molecular weight excluding hydrogens is 641 g/mol. The van der Waals surface area contributed by atoms with Crippen LogP contribution in [-0.4, -0.2) is 64.6 Å². The third-order valence-corrected chi connectivity index (χ3v) is 14.5. The Labute approximate surface area is 272 Å². The maximum atomic E-state index is 6.09. The number of nitrogens with zero attached hydrogens (tertiary/aromatic N) is 3. The molecule has 3 aromatic rings. The van der Waals surface area contributed by atoms with E-state index in [1.807, 2.05) is 11.3 Å². The first-order chi connectivity index (χ1) is 19.9. The standard InChI is InChI=1S/C35H40N3S2Se.ClH/c1-35(2)13-18-36(3)27-21-30-24(20-26(27)35)31(28-11-12-29(40-28)34(39)38-14-5-4-6-15-38)25-19-22-9-7-16-37-17-8-10-23(32(22)37)33(25)41-30;/h11-12,19-21H,4-10,13-18H2,1-3H3;1H/q+1;/p-1. The first kappa shape index (κ1) is 29.0. The van der Waals surface area contributed by atoms with Crippen molar-refractivity contribution < 1.29 is 12.4 Å². The van der Waals surface area contributed by atoms with Gasteiger partial charge in [-0.3, -0.25) is 0 Å². The van der Waals surface area contributed by atoms with E-state index in [1.165, 1.54) is 102 Å². The normalized spacial score (nSPS) is 20.3. The van der Waals surface area contributed by atoms with Crippen molar-refractivity contribution in [3.05, 3.63) is 72.9 Å². The molecule has 1 aromatic heterocycles. The minimum Gasteiger partial charge on any atom is -1.00 e. The molecule has 0 aliphatic carbocycles. The Balaban J connectivity index is 0.00000288. The molecule has 0 N–H and O–H groups in total. The van der Waals surface area contributed by atoms with E-state index in [0.29, 0.717) is 15.0 Å². The van der Waals surface area contributed by atoms with Gasteiger partial charge in [0, 0.05) is 0 Å². The molecule has 42 heavy (non-hydrogen) atoms. The summed E-state index contributed by atoms with van der Waals surface area (Å²) in [7, 11) is 2.29. The molecule has 3 nitrogen and oxygen atoms in total. The Morgan fingerprint density at radius 2 is 1.76 bits per heavy atom. The van der Waals surface area contributed by atoms with Crippen molar-refractivity contribution >= 4 is 63.7 Å². The predicted molar refractivity (Wildman–Crippen MR) is 179 cm³/mol. The third kappa shape index (κ3) is 4.63. The molecule has 0 spiro atoms. The second-order valence-corrected chi connectivity index (χ2v) is 17.0. The summed E-state index contributed by atoms with van der Waals surface area (Å²) in [5, 5.41) is 3.15. The Morgan fingerprint density at radius 1 is 0.976 bits per heavy atom. The van der Waals surface area contributed by atoms with Gasteiger partial charge < -0.3 is 12.4 Å². The molecule has 0 atom stereocenters. The summed E-state index contributed by atoms with van der Waals surface area (Å²) in [5.41, 5.74) is 9.41. The second kappa shape index (κ2) is 11.0. The topological polar surface area (TPSA) is 9.49 Å². The van der Waals surface area contributed by atoms with Crippen LogP contribution in [0.2, 0.25) is 0 Å². The van der Waals surface area contributed by atoms with E-state index >= 15 is 0 Å². The van der Waals surface area contributed by atoms with Crippen LogP contribution in [0.15, 0.2) is 30.3 Å². The smallest absolute Gasteiger partial charge is 1.00 e. The Hall–Kier alpha value is -1.69. The van der Waals surface area contributed by atoms with E-state index in [-0.39, 0.29) is 17.8 Å². The van der Waals surface area contributed by atoms with E-state index < -0.39 is 0 Å². The van der Waals surface area contributed by atoms with Crippen LogP contribution in [0.4, 0.5) is 5.69 Å². The molecule has 0 saturated carbocycles. The molecule has 0 amide bonds. The van der Waals surface area contributed by atoms with Crippen molar-refractivity contribution in [1.82, 2.24) is 9.48 Å². The SMILES string of the molecule is CN1CCC(C)(C)c2cc3c(cc21)[Se]c1c2c4c(cc1=C3c1ccc(C(=S)N3CCCCC3)s1)CCC[N+]=4CCC2.[Cl-]. The Bertz CT molecular complexity index is 1730. The summed E-state index contributed by atoms with van der Waals surface area (Å²) in [6.45, 7) is 10.7. The van der Waals surface area contributed by atoms with Gasteiger partial charge in [-0.15, -0.1) is 0 Å². The molecule has 7 heteroatoms. The van der Waals surface area contributed by atoms with Crippen LogP contribution in [0.5, 0.6) is 0 Å². The number of fused-ring (bicyclic) bond motifs is 4. The molecule has 1 saturated heterocycles.